The Bertz CT molecular complexity index is 717. The van der Waals surface area contributed by atoms with Crippen molar-refractivity contribution in [2.24, 2.45) is 5.92 Å². The van der Waals surface area contributed by atoms with Crippen LogP contribution >= 0.6 is 15.9 Å². The van der Waals surface area contributed by atoms with Crippen LogP contribution in [0, 0.1) is 5.92 Å². The van der Waals surface area contributed by atoms with Crippen molar-refractivity contribution in [1.82, 2.24) is 10.6 Å². The third kappa shape index (κ3) is 5.42. The largest absolute Gasteiger partial charge is 0.449 e. The summed E-state index contributed by atoms with van der Waals surface area (Å²) in [4.78, 5) is 37.3. The number of esters is 1. The number of halogens is 1. The molecule has 1 saturated heterocycles. The Morgan fingerprint density at radius 3 is 2.52 bits per heavy atom. The van der Waals surface area contributed by atoms with Crippen molar-refractivity contribution < 1.29 is 19.1 Å². The van der Waals surface area contributed by atoms with Crippen LogP contribution in [-0.4, -0.2) is 36.0 Å². The van der Waals surface area contributed by atoms with Gasteiger partial charge in [-0.2, -0.15) is 0 Å². The highest BCUT2D eigenvalue weighted by molar-refractivity contribution is 9.10. The van der Waals surface area contributed by atoms with E-state index in [0.717, 1.165) is 10.0 Å². The Morgan fingerprint density at radius 2 is 2.00 bits per heavy atom. The number of ether oxygens (including phenoxy) is 1. The summed E-state index contributed by atoms with van der Waals surface area (Å²) in [7, 11) is 0. The van der Waals surface area contributed by atoms with Gasteiger partial charge < -0.3 is 15.4 Å². The maximum absolute atomic E-state index is 13.1. The SMILES string of the molecule is C=CCNC(=O)[C@@H](NC(=O)[C@@]1(Cc2ccc(Br)cc2)CCC(=O)O1)C(C)C. The minimum Gasteiger partial charge on any atom is -0.449 e. The molecule has 146 valence electrons. The maximum Gasteiger partial charge on any atom is 0.307 e. The normalized spacial score (nSPS) is 20.1. The molecule has 27 heavy (non-hydrogen) atoms. The molecule has 1 aliphatic heterocycles. The lowest BCUT2D eigenvalue weighted by atomic mass is 9.89. The number of benzene rings is 1. The lowest BCUT2D eigenvalue weighted by molar-refractivity contribution is -0.159. The van der Waals surface area contributed by atoms with Gasteiger partial charge in [-0.05, 0) is 23.6 Å². The molecule has 6 nitrogen and oxygen atoms in total. The molecule has 1 aromatic rings. The second kappa shape index (κ2) is 9.17. The Kier molecular flexibility index (Phi) is 7.18. The van der Waals surface area contributed by atoms with E-state index in [1.807, 2.05) is 38.1 Å². The summed E-state index contributed by atoms with van der Waals surface area (Å²) >= 11 is 3.38. The molecule has 0 unspecified atom stereocenters. The quantitative estimate of drug-likeness (QED) is 0.484. The van der Waals surface area contributed by atoms with Gasteiger partial charge in [0.15, 0.2) is 5.60 Å². The predicted molar refractivity (Wildman–Crippen MR) is 106 cm³/mol. The number of rotatable bonds is 8. The fraction of sp³-hybridized carbons (Fsp3) is 0.450. The molecular formula is C20H25BrN2O4. The summed E-state index contributed by atoms with van der Waals surface area (Å²) in [6.45, 7) is 7.58. The second-order valence-corrected chi connectivity index (χ2v) is 7.92. The molecular weight excluding hydrogens is 412 g/mol. The molecule has 0 aliphatic carbocycles. The van der Waals surface area contributed by atoms with Crippen LogP contribution in [0.4, 0.5) is 0 Å². The molecule has 1 heterocycles. The van der Waals surface area contributed by atoms with Gasteiger partial charge in [-0.25, -0.2) is 0 Å². The summed E-state index contributed by atoms with van der Waals surface area (Å²) in [5.41, 5.74) is -0.420. The second-order valence-electron chi connectivity index (χ2n) is 7.00. The molecule has 2 atom stereocenters. The molecule has 0 bridgehead atoms. The summed E-state index contributed by atoms with van der Waals surface area (Å²) in [5, 5.41) is 5.49. The molecule has 2 N–H and O–H groups in total. The number of hydrogen-bond donors (Lipinski definition) is 2. The van der Waals surface area contributed by atoms with Crippen molar-refractivity contribution in [1.29, 1.82) is 0 Å². The molecule has 2 rings (SSSR count). The van der Waals surface area contributed by atoms with Gasteiger partial charge in [-0.15, -0.1) is 6.58 Å². The Morgan fingerprint density at radius 1 is 1.33 bits per heavy atom. The van der Waals surface area contributed by atoms with Gasteiger partial charge in [0.25, 0.3) is 5.91 Å². The zero-order valence-electron chi connectivity index (χ0n) is 15.6. The number of carbonyl (C=O) groups excluding carboxylic acids is 3. The average Bonchev–Trinajstić information content (AvgIpc) is 3.01. The van der Waals surface area contributed by atoms with Crippen LogP contribution < -0.4 is 10.6 Å². The van der Waals surface area contributed by atoms with Gasteiger partial charge in [0, 0.05) is 30.3 Å². The zero-order chi connectivity index (χ0) is 20.0. The van der Waals surface area contributed by atoms with Crippen molar-refractivity contribution >= 4 is 33.7 Å². The predicted octanol–water partition coefficient (Wildman–Crippen LogP) is 2.51. The molecule has 0 spiro atoms. The molecule has 2 amide bonds. The molecule has 1 fully saturated rings. The standard InChI is InChI=1S/C20H25BrN2O4/c1-4-11-22-18(25)17(13(2)3)23-19(26)20(10-9-16(24)27-20)12-14-5-7-15(21)8-6-14/h4-8,13,17H,1,9-12H2,2-3H3,(H,22,25)(H,23,26)/t17-,20-/m0/s1. The van der Waals surface area contributed by atoms with E-state index >= 15 is 0 Å². The van der Waals surface area contributed by atoms with Gasteiger partial charge in [0.05, 0.1) is 0 Å². The number of amides is 2. The van der Waals surface area contributed by atoms with E-state index in [-0.39, 0.29) is 31.1 Å². The van der Waals surface area contributed by atoms with E-state index in [0.29, 0.717) is 6.54 Å². The summed E-state index contributed by atoms with van der Waals surface area (Å²) in [6, 6.07) is 6.78. The van der Waals surface area contributed by atoms with Gasteiger partial charge in [-0.1, -0.05) is 48.0 Å². The number of carbonyl (C=O) groups is 3. The molecule has 0 aromatic heterocycles. The van der Waals surface area contributed by atoms with Crippen LogP contribution in [0.25, 0.3) is 0 Å². The Labute approximate surface area is 167 Å². The fourth-order valence-electron chi connectivity index (χ4n) is 3.01. The van der Waals surface area contributed by atoms with Crippen LogP contribution in [0.15, 0.2) is 41.4 Å². The summed E-state index contributed by atoms with van der Waals surface area (Å²) in [6.07, 6.45) is 2.30. The van der Waals surface area contributed by atoms with E-state index in [9.17, 15) is 14.4 Å². The van der Waals surface area contributed by atoms with Crippen molar-refractivity contribution in [3.8, 4) is 0 Å². The molecule has 0 radical (unpaired) electrons. The topological polar surface area (TPSA) is 84.5 Å². The Balaban J connectivity index is 2.20. The number of nitrogens with one attached hydrogen (secondary N) is 2. The molecule has 7 heteroatoms. The monoisotopic (exact) mass is 436 g/mol. The molecule has 1 aliphatic rings. The highest BCUT2D eigenvalue weighted by Crippen LogP contribution is 2.31. The van der Waals surface area contributed by atoms with Crippen LogP contribution in [0.1, 0.15) is 32.3 Å². The van der Waals surface area contributed by atoms with E-state index < -0.39 is 23.5 Å². The summed E-state index contributed by atoms with van der Waals surface area (Å²) < 4.78 is 6.40. The first-order valence-corrected chi connectivity index (χ1v) is 9.72. The third-order valence-corrected chi connectivity index (χ3v) is 5.04. The first-order chi connectivity index (χ1) is 12.8. The van der Waals surface area contributed by atoms with Crippen molar-refractivity contribution in [2.45, 2.75) is 44.8 Å². The van der Waals surface area contributed by atoms with E-state index in [1.54, 1.807) is 6.08 Å². The van der Waals surface area contributed by atoms with Crippen molar-refractivity contribution in [3.05, 3.63) is 47.0 Å². The molecule has 1 aromatic carbocycles. The first kappa shape index (κ1) is 21.2. The van der Waals surface area contributed by atoms with Gasteiger partial charge >= 0.3 is 5.97 Å². The Hall–Kier alpha value is -2.15. The van der Waals surface area contributed by atoms with Gasteiger partial charge in [0.2, 0.25) is 5.91 Å². The van der Waals surface area contributed by atoms with Crippen molar-refractivity contribution in [3.63, 3.8) is 0 Å². The maximum atomic E-state index is 13.1. The number of hydrogen-bond acceptors (Lipinski definition) is 4. The smallest absolute Gasteiger partial charge is 0.307 e. The summed E-state index contributed by atoms with van der Waals surface area (Å²) in [5.74, 6) is -1.26. The van der Waals surface area contributed by atoms with Crippen molar-refractivity contribution in [2.75, 3.05) is 6.54 Å². The minimum atomic E-state index is -1.29. The average molecular weight is 437 g/mol. The van der Waals surface area contributed by atoms with Crippen LogP contribution in [0.3, 0.4) is 0 Å². The van der Waals surface area contributed by atoms with E-state index in [2.05, 4.69) is 33.1 Å². The van der Waals surface area contributed by atoms with E-state index in [1.165, 1.54) is 0 Å². The van der Waals surface area contributed by atoms with E-state index in [4.69, 9.17) is 4.74 Å². The van der Waals surface area contributed by atoms with Gasteiger partial charge in [0.1, 0.15) is 6.04 Å². The molecule has 0 saturated carbocycles. The van der Waals surface area contributed by atoms with Crippen LogP contribution in [0.5, 0.6) is 0 Å². The minimum absolute atomic E-state index is 0.124. The lowest BCUT2D eigenvalue weighted by Crippen LogP contribution is -2.57. The van der Waals surface area contributed by atoms with Crippen LogP contribution in [0.2, 0.25) is 0 Å². The highest BCUT2D eigenvalue weighted by atomic mass is 79.9. The fourth-order valence-corrected chi connectivity index (χ4v) is 3.28. The lowest BCUT2D eigenvalue weighted by Gasteiger charge is -2.30. The first-order valence-electron chi connectivity index (χ1n) is 8.93. The third-order valence-electron chi connectivity index (χ3n) is 4.52. The zero-order valence-corrected chi connectivity index (χ0v) is 17.2. The van der Waals surface area contributed by atoms with Crippen LogP contribution in [-0.2, 0) is 25.5 Å². The van der Waals surface area contributed by atoms with Gasteiger partial charge in [-0.3, -0.25) is 14.4 Å². The number of cyclic esters (lactones) is 1. The highest BCUT2D eigenvalue weighted by Gasteiger charge is 2.48.